The first-order valence-corrected chi connectivity index (χ1v) is 6.36. The average Bonchev–Trinajstić information content (AvgIpc) is 2.40. The van der Waals surface area contributed by atoms with Crippen LogP contribution in [0.15, 0.2) is 12.1 Å². The molecule has 0 aliphatic rings. The van der Waals surface area contributed by atoms with E-state index >= 15 is 0 Å². The van der Waals surface area contributed by atoms with Crippen LogP contribution in [0.2, 0.25) is 0 Å². The summed E-state index contributed by atoms with van der Waals surface area (Å²) >= 11 is 2.96. The van der Waals surface area contributed by atoms with E-state index < -0.39 is 34.3 Å². The third-order valence-electron chi connectivity index (χ3n) is 2.39. The number of benzene rings is 1. The number of esters is 1. The molecule has 0 saturated heterocycles. The van der Waals surface area contributed by atoms with Crippen LogP contribution in [0.1, 0.15) is 18.6 Å². The van der Waals surface area contributed by atoms with Crippen LogP contribution in [0.3, 0.4) is 0 Å². The minimum Gasteiger partial charge on any atom is -0.493 e. The number of aliphatic hydroxyl groups is 1. The molecule has 2 atom stereocenters. The van der Waals surface area contributed by atoms with Crippen molar-refractivity contribution in [3.05, 3.63) is 29.3 Å². The predicted octanol–water partition coefficient (Wildman–Crippen LogP) is 2.33. The Bertz CT molecular complexity index is 467. The zero-order valence-electron chi connectivity index (χ0n) is 10.3. The highest BCUT2D eigenvalue weighted by Crippen LogP contribution is 2.33. The summed E-state index contributed by atoms with van der Waals surface area (Å²) in [7, 11) is 1.14. The second-order valence-electron chi connectivity index (χ2n) is 3.58. The SMILES string of the molecule is CCOC(=O)[C@@H](Br)[C@@H](O)c1ccc(F)c(F)c1OC. The number of halogens is 3. The fourth-order valence-electron chi connectivity index (χ4n) is 1.50. The summed E-state index contributed by atoms with van der Waals surface area (Å²) in [6.07, 6.45) is -1.43. The number of alkyl halides is 1. The van der Waals surface area contributed by atoms with Crippen molar-refractivity contribution >= 4 is 21.9 Å². The number of methoxy groups -OCH3 is 1. The lowest BCUT2D eigenvalue weighted by Gasteiger charge is -2.19. The highest BCUT2D eigenvalue weighted by atomic mass is 79.9. The summed E-state index contributed by atoms with van der Waals surface area (Å²) in [5, 5.41) is 10.00. The Morgan fingerprint density at radius 2 is 2.11 bits per heavy atom. The van der Waals surface area contributed by atoms with Crippen molar-refractivity contribution < 1.29 is 28.2 Å². The normalized spacial score (nSPS) is 13.8. The van der Waals surface area contributed by atoms with Crippen LogP contribution in [-0.2, 0) is 9.53 Å². The molecule has 0 fully saturated rings. The quantitative estimate of drug-likeness (QED) is 0.661. The van der Waals surface area contributed by atoms with Gasteiger partial charge in [0, 0.05) is 5.56 Å². The molecule has 1 rings (SSSR count). The lowest BCUT2D eigenvalue weighted by molar-refractivity contribution is -0.144. The van der Waals surface area contributed by atoms with Gasteiger partial charge in [0.1, 0.15) is 10.9 Å². The van der Waals surface area contributed by atoms with Gasteiger partial charge in [-0.1, -0.05) is 15.9 Å². The van der Waals surface area contributed by atoms with Gasteiger partial charge in [-0.05, 0) is 19.1 Å². The zero-order chi connectivity index (χ0) is 14.6. The fraction of sp³-hybridized carbons (Fsp3) is 0.417. The van der Waals surface area contributed by atoms with Crippen LogP contribution in [0.25, 0.3) is 0 Å². The molecule has 0 unspecified atom stereocenters. The summed E-state index contributed by atoms with van der Waals surface area (Å²) < 4.78 is 36.0. The summed E-state index contributed by atoms with van der Waals surface area (Å²) in [5.41, 5.74) is -0.0451. The highest BCUT2D eigenvalue weighted by molar-refractivity contribution is 9.10. The van der Waals surface area contributed by atoms with Crippen molar-refractivity contribution in [3.63, 3.8) is 0 Å². The van der Waals surface area contributed by atoms with E-state index in [1.54, 1.807) is 6.92 Å². The third-order valence-corrected chi connectivity index (χ3v) is 3.27. The lowest BCUT2D eigenvalue weighted by atomic mass is 10.0. The van der Waals surface area contributed by atoms with Crippen molar-refractivity contribution in [1.82, 2.24) is 0 Å². The van der Waals surface area contributed by atoms with E-state index in [-0.39, 0.29) is 12.2 Å². The van der Waals surface area contributed by atoms with E-state index in [0.29, 0.717) is 0 Å². The van der Waals surface area contributed by atoms with Gasteiger partial charge in [0.2, 0.25) is 5.82 Å². The van der Waals surface area contributed by atoms with Crippen molar-refractivity contribution in [2.45, 2.75) is 17.9 Å². The second kappa shape index (κ2) is 6.81. The van der Waals surface area contributed by atoms with E-state index in [9.17, 15) is 18.7 Å². The van der Waals surface area contributed by atoms with Gasteiger partial charge >= 0.3 is 5.97 Å². The molecule has 0 aromatic heterocycles. The summed E-state index contributed by atoms with van der Waals surface area (Å²) in [6.45, 7) is 1.75. The maximum atomic E-state index is 13.5. The first-order valence-electron chi connectivity index (χ1n) is 5.44. The summed E-state index contributed by atoms with van der Waals surface area (Å²) in [6, 6.07) is 2.00. The monoisotopic (exact) mass is 338 g/mol. The minimum atomic E-state index is -1.43. The molecule has 0 amide bonds. The van der Waals surface area contributed by atoms with Crippen LogP contribution < -0.4 is 4.74 Å². The molecule has 19 heavy (non-hydrogen) atoms. The number of hydrogen-bond acceptors (Lipinski definition) is 4. The topological polar surface area (TPSA) is 55.8 Å². The molecule has 0 radical (unpaired) electrons. The molecular weight excluding hydrogens is 326 g/mol. The van der Waals surface area contributed by atoms with Crippen LogP contribution in [0.4, 0.5) is 8.78 Å². The molecular formula is C12H13BrF2O4. The van der Waals surface area contributed by atoms with Gasteiger partial charge in [-0.15, -0.1) is 0 Å². The average molecular weight is 339 g/mol. The van der Waals surface area contributed by atoms with Crippen molar-refractivity contribution in [2.24, 2.45) is 0 Å². The van der Waals surface area contributed by atoms with Gasteiger partial charge in [-0.3, -0.25) is 4.79 Å². The van der Waals surface area contributed by atoms with Crippen molar-refractivity contribution in [2.75, 3.05) is 13.7 Å². The minimum absolute atomic E-state index is 0.0451. The molecule has 0 saturated carbocycles. The van der Waals surface area contributed by atoms with E-state index in [0.717, 1.165) is 19.2 Å². The first kappa shape index (κ1) is 15.8. The standard InChI is InChI=1S/C12H13BrF2O4/c1-3-19-12(17)8(13)10(16)6-4-5-7(14)9(15)11(6)18-2/h4-5,8,10,16H,3H2,1-2H3/t8-,10-/m0/s1. The Labute approximate surface area is 117 Å². The van der Waals surface area contributed by atoms with Crippen LogP contribution in [-0.4, -0.2) is 29.6 Å². The van der Waals surface area contributed by atoms with Crippen LogP contribution in [0.5, 0.6) is 5.75 Å². The lowest BCUT2D eigenvalue weighted by Crippen LogP contribution is -2.25. The number of ether oxygens (including phenoxy) is 2. The maximum absolute atomic E-state index is 13.5. The van der Waals surface area contributed by atoms with Gasteiger partial charge in [0.15, 0.2) is 11.6 Å². The van der Waals surface area contributed by atoms with Gasteiger partial charge < -0.3 is 14.6 Å². The Kier molecular flexibility index (Phi) is 5.68. The van der Waals surface area contributed by atoms with Crippen molar-refractivity contribution in [3.8, 4) is 5.75 Å². The maximum Gasteiger partial charge on any atom is 0.322 e. The third kappa shape index (κ3) is 3.42. The molecule has 1 N–H and O–H groups in total. The van der Waals surface area contributed by atoms with Crippen molar-refractivity contribution in [1.29, 1.82) is 0 Å². The molecule has 0 bridgehead atoms. The molecule has 106 valence electrons. The molecule has 7 heteroatoms. The Morgan fingerprint density at radius 1 is 1.47 bits per heavy atom. The molecule has 1 aromatic rings. The van der Waals surface area contributed by atoms with E-state index in [2.05, 4.69) is 15.9 Å². The van der Waals surface area contributed by atoms with Crippen LogP contribution >= 0.6 is 15.9 Å². The number of aliphatic hydroxyl groups excluding tert-OH is 1. The molecule has 0 aliphatic carbocycles. The molecule has 1 aromatic carbocycles. The van der Waals surface area contributed by atoms with Crippen LogP contribution in [0, 0.1) is 11.6 Å². The number of rotatable bonds is 5. The van der Waals surface area contributed by atoms with Gasteiger partial charge in [-0.2, -0.15) is 4.39 Å². The zero-order valence-corrected chi connectivity index (χ0v) is 11.9. The fourth-order valence-corrected chi connectivity index (χ4v) is 1.91. The number of carbonyl (C=O) groups is 1. The Morgan fingerprint density at radius 3 is 2.63 bits per heavy atom. The first-order chi connectivity index (χ1) is 8.93. The summed E-state index contributed by atoms with van der Waals surface area (Å²) in [4.78, 5) is 10.4. The smallest absolute Gasteiger partial charge is 0.322 e. The van der Waals surface area contributed by atoms with E-state index in [1.165, 1.54) is 0 Å². The van der Waals surface area contributed by atoms with Gasteiger partial charge in [0.25, 0.3) is 0 Å². The summed E-state index contributed by atoms with van der Waals surface area (Å²) in [5.74, 6) is -3.47. The molecule has 0 spiro atoms. The number of carbonyl (C=O) groups excluding carboxylic acids is 1. The second-order valence-corrected chi connectivity index (χ2v) is 4.57. The van der Waals surface area contributed by atoms with E-state index in [4.69, 9.17) is 9.47 Å². The Hall–Kier alpha value is -1.21. The van der Waals surface area contributed by atoms with Gasteiger partial charge in [-0.25, -0.2) is 4.39 Å². The van der Waals surface area contributed by atoms with Gasteiger partial charge in [0.05, 0.1) is 13.7 Å². The number of hydrogen-bond donors (Lipinski definition) is 1. The molecule has 4 nitrogen and oxygen atoms in total. The molecule has 0 aliphatic heterocycles. The Balaban J connectivity index is 3.09. The van der Waals surface area contributed by atoms with E-state index in [1.807, 2.05) is 0 Å². The largest absolute Gasteiger partial charge is 0.493 e. The highest BCUT2D eigenvalue weighted by Gasteiger charge is 2.30. The molecule has 0 heterocycles. The predicted molar refractivity (Wildman–Crippen MR) is 67.2 cm³/mol.